The van der Waals surface area contributed by atoms with E-state index < -0.39 is 0 Å². The molecule has 0 spiro atoms. The average Bonchev–Trinajstić information content (AvgIpc) is 2.14. The number of carbonyl (C=O) groups excluding carboxylic acids is 1. The molecule has 0 heterocycles. The van der Waals surface area contributed by atoms with Crippen LogP contribution in [0.15, 0.2) is 11.3 Å². The molecule has 1 atom stereocenters. The normalized spacial score (nSPS) is 25.2. The van der Waals surface area contributed by atoms with Gasteiger partial charge in [0.15, 0.2) is 0 Å². The molecule has 1 N–H and O–H groups in total. The second-order valence-electron chi connectivity index (χ2n) is 4.81. The molecule has 1 aliphatic rings. The van der Waals surface area contributed by atoms with Crippen molar-refractivity contribution < 1.29 is 14.6 Å². The van der Waals surface area contributed by atoms with Crippen LogP contribution in [0.25, 0.3) is 0 Å². The Morgan fingerprint density at radius 1 is 1.60 bits per heavy atom. The molecule has 0 aromatic rings. The monoisotopic (exact) mass is 212 g/mol. The quantitative estimate of drug-likeness (QED) is 0.716. The van der Waals surface area contributed by atoms with Crippen molar-refractivity contribution in [2.24, 2.45) is 11.3 Å². The van der Waals surface area contributed by atoms with Crippen molar-refractivity contribution in [2.75, 3.05) is 6.61 Å². The summed E-state index contributed by atoms with van der Waals surface area (Å²) in [5.41, 5.74) is 0.169. The maximum atomic E-state index is 11.7. The van der Waals surface area contributed by atoms with E-state index in [1.165, 1.54) is 0 Å². The number of allylic oxidation sites excluding steroid dienone is 1. The fraction of sp³-hybridized carbons (Fsp3) is 0.750. The fourth-order valence-electron chi connectivity index (χ4n) is 1.94. The molecule has 0 radical (unpaired) electrons. The van der Waals surface area contributed by atoms with E-state index in [1.54, 1.807) is 6.92 Å². The number of ether oxygens (including phenoxy) is 1. The molecular weight excluding hydrogens is 192 g/mol. The molecule has 0 aromatic carbocycles. The largest absolute Gasteiger partial charge is 0.511 e. The molecule has 0 fully saturated rings. The van der Waals surface area contributed by atoms with E-state index in [9.17, 15) is 9.90 Å². The maximum absolute atomic E-state index is 11.7. The summed E-state index contributed by atoms with van der Waals surface area (Å²) in [6.45, 7) is 7.98. The van der Waals surface area contributed by atoms with Gasteiger partial charge < -0.3 is 9.84 Å². The predicted octanol–water partition coefficient (Wildman–Crippen LogP) is 2.82. The number of hydrogen-bond donors (Lipinski definition) is 1. The summed E-state index contributed by atoms with van der Waals surface area (Å²) in [4.78, 5) is 11.7. The van der Waals surface area contributed by atoms with Crippen LogP contribution < -0.4 is 0 Å². The van der Waals surface area contributed by atoms with Gasteiger partial charge in [-0.2, -0.15) is 0 Å². The van der Waals surface area contributed by atoms with Crippen molar-refractivity contribution >= 4 is 5.97 Å². The van der Waals surface area contributed by atoms with Gasteiger partial charge in [0.25, 0.3) is 0 Å². The first kappa shape index (κ1) is 12.1. The van der Waals surface area contributed by atoms with Crippen molar-refractivity contribution in [3.05, 3.63) is 11.3 Å². The molecule has 1 unspecified atom stereocenters. The van der Waals surface area contributed by atoms with E-state index in [0.717, 1.165) is 12.8 Å². The van der Waals surface area contributed by atoms with Gasteiger partial charge in [-0.05, 0) is 25.7 Å². The van der Waals surface area contributed by atoms with Crippen LogP contribution in [0, 0.1) is 11.3 Å². The predicted molar refractivity (Wildman–Crippen MR) is 58.5 cm³/mol. The summed E-state index contributed by atoms with van der Waals surface area (Å²) in [5.74, 6) is -0.0629. The highest BCUT2D eigenvalue weighted by Crippen LogP contribution is 2.41. The smallest absolute Gasteiger partial charge is 0.337 e. The highest BCUT2D eigenvalue weighted by atomic mass is 16.5. The van der Waals surface area contributed by atoms with Gasteiger partial charge in [0.2, 0.25) is 0 Å². The summed E-state index contributed by atoms with van der Waals surface area (Å²) in [6.07, 6.45) is 1.83. The van der Waals surface area contributed by atoms with E-state index in [4.69, 9.17) is 4.74 Å². The number of esters is 1. The maximum Gasteiger partial charge on any atom is 0.337 e. The van der Waals surface area contributed by atoms with Gasteiger partial charge in [0, 0.05) is 5.41 Å². The van der Waals surface area contributed by atoms with Crippen LogP contribution in [0.2, 0.25) is 0 Å². The first-order chi connectivity index (χ1) is 6.90. The molecule has 0 amide bonds. The first-order valence-corrected chi connectivity index (χ1v) is 5.51. The topological polar surface area (TPSA) is 46.5 Å². The van der Waals surface area contributed by atoms with Crippen LogP contribution in [0.3, 0.4) is 0 Å². The number of hydrogen-bond acceptors (Lipinski definition) is 3. The molecule has 15 heavy (non-hydrogen) atoms. The van der Waals surface area contributed by atoms with Gasteiger partial charge in [-0.25, -0.2) is 4.79 Å². The minimum atomic E-state index is -0.365. The minimum absolute atomic E-state index is 0.0945. The molecule has 1 aliphatic carbocycles. The van der Waals surface area contributed by atoms with Crippen molar-refractivity contribution in [2.45, 2.75) is 40.5 Å². The number of carbonyl (C=O) groups is 1. The van der Waals surface area contributed by atoms with Crippen molar-refractivity contribution in [3.63, 3.8) is 0 Å². The third kappa shape index (κ3) is 2.33. The molecule has 0 saturated heterocycles. The second kappa shape index (κ2) is 4.25. The van der Waals surface area contributed by atoms with Gasteiger partial charge in [-0.15, -0.1) is 0 Å². The lowest BCUT2D eigenvalue weighted by atomic mass is 9.73. The second-order valence-corrected chi connectivity index (χ2v) is 4.81. The third-order valence-electron chi connectivity index (χ3n) is 3.09. The van der Waals surface area contributed by atoms with Gasteiger partial charge in [0.1, 0.15) is 5.76 Å². The third-order valence-corrected chi connectivity index (χ3v) is 3.09. The lowest BCUT2D eigenvalue weighted by Gasteiger charge is -2.33. The average molecular weight is 212 g/mol. The van der Waals surface area contributed by atoms with Crippen LogP contribution in [0.4, 0.5) is 0 Å². The van der Waals surface area contributed by atoms with Gasteiger partial charge in [-0.1, -0.05) is 20.8 Å². The Kier molecular flexibility index (Phi) is 3.42. The van der Waals surface area contributed by atoms with Crippen LogP contribution in [0.1, 0.15) is 40.5 Å². The van der Waals surface area contributed by atoms with E-state index in [0.29, 0.717) is 12.2 Å². The standard InChI is InChI=1S/C12H20O3/c1-5-15-11(14)9-8(2)6-7-12(3,4)10(9)13/h8,13H,5-7H2,1-4H3. The molecule has 3 heteroatoms. The lowest BCUT2D eigenvalue weighted by molar-refractivity contribution is -0.139. The summed E-state index contributed by atoms with van der Waals surface area (Å²) in [5, 5.41) is 10.0. The summed E-state index contributed by atoms with van der Waals surface area (Å²) in [7, 11) is 0. The molecule has 0 aliphatic heterocycles. The zero-order valence-electron chi connectivity index (χ0n) is 9.96. The summed E-state index contributed by atoms with van der Waals surface area (Å²) >= 11 is 0. The van der Waals surface area contributed by atoms with Crippen molar-refractivity contribution in [3.8, 4) is 0 Å². The Bertz CT molecular complexity index is 289. The zero-order valence-corrected chi connectivity index (χ0v) is 9.96. The number of aliphatic hydroxyl groups excluding tert-OH is 1. The highest BCUT2D eigenvalue weighted by Gasteiger charge is 2.36. The van der Waals surface area contributed by atoms with E-state index >= 15 is 0 Å². The Labute approximate surface area is 91.1 Å². The number of rotatable bonds is 2. The van der Waals surface area contributed by atoms with E-state index in [-0.39, 0.29) is 23.1 Å². The highest BCUT2D eigenvalue weighted by molar-refractivity contribution is 5.89. The minimum Gasteiger partial charge on any atom is -0.511 e. The van der Waals surface area contributed by atoms with Gasteiger partial charge in [-0.3, -0.25) is 0 Å². The van der Waals surface area contributed by atoms with Gasteiger partial charge in [0.05, 0.1) is 12.2 Å². The Morgan fingerprint density at radius 2 is 2.20 bits per heavy atom. The molecule has 86 valence electrons. The van der Waals surface area contributed by atoms with E-state index in [2.05, 4.69) is 0 Å². The Morgan fingerprint density at radius 3 is 2.73 bits per heavy atom. The van der Waals surface area contributed by atoms with Crippen molar-refractivity contribution in [1.82, 2.24) is 0 Å². The molecular formula is C12H20O3. The van der Waals surface area contributed by atoms with Crippen LogP contribution in [0.5, 0.6) is 0 Å². The molecule has 1 rings (SSSR count). The zero-order chi connectivity index (χ0) is 11.6. The molecule has 0 bridgehead atoms. The fourth-order valence-corrected chi connectivity index (χ4v) is 1.94. The Hall–Kier alpha value is -0.990. The molecule has 3 nitrogen and oxygen atoms in total. The van der Waals surface area contributed by atoms with Crippen LogP contribution in [-0.2, 0) is 9.53 Å². The lowest BCUT2D eigenvalue weighted by Crippen LogP contribution is -2.29. The molecule has 0 aromatic heterocycles. The van der Waals surface area contributed by atoms with Crippen LogP contribution >= 0.6 is 0 Å². The van der Waals surface area contributed by atoms with Crippen LogP contribution in [-0.4, -0.2) is 17.7 Å². The number of aliphatic hydroxyl groups is 1. The SMILES string of the molecule is CCOC(=O)C1=C(O)C(C)(C)CCC1C. The van der Waals surface area contributed by atoms with Crippen molar-refractivity contribution in [1.29, 1.82) is 0 Å². The van der Waals surface area contributed by atoms with E-state index in [1.807, 2.05) is 20.8 Å². The summed E-state index contributed by atoms with van der Waals surface area (Å²) < 4.78 is 4.96. The molecule has 0 saturated carbocycles. The first-order valence-electron chi connectivity index (χ1n) is 5.51. The summed E-state index contributed by atoms with van der Waals surface area (Å²) in [6, 6.07) is 0. The Balaban J connectivity index is 3.04. The van der Waals surface area contributed by atoms with Gasteiger partial charge >= 0.3 is 5.97 Å².